The lowest BCUT2D eigenvalue weighted by Crippen LogP contribution is -2.35. The standard InChI is InChI=1S/C34H49NO5/c1-24(2)35(20-18-31(37)40-28(22-33(4,5)6)23-34(7,8)9)19-17-25(3)39-27-15-16-29(30(36)21-27)32(38)26-13-11-10-12-14-26/h10-16,21,24,28,36H,3,17-20,22-23H2,1-2,4-9H3. The van der Waals surface area contributed by atoms with E-state index in [0.29, 0.717) is 43.0 Å². The lowest BCUT2D eigenvalue weighted by atomic mass is 9.82. The fraction of sp³-hybridized carbons (Fsp3) is 0.529. The van der Waals surface area contributed by atoms with Crippen molar-refractivity contribution in [2.45, 2.75) is 93.2 Å². The molecule has 2 aromatic carbocycles. The van der Waals surface area contributed by atoms with Crippen LogP contribution in [0.2, 0.25) is 0 Å². The molecule has 0 aliphatic rings. The molecule has 0 saturated heterocycles. The van der Waals surface area contributed by atoms with Gasteiger partial charge in [-0.15, -0.1) is 0 Å². The number of rotatable bonds is 14. The maximum Gasteiger partial charge on any atom is 0.307 e. The van der Waals surface area contributed by atoms with Gasteiger partial charge in [0.05, 0.1) is 17.7 Å². The van der Waals surface area contributed by atoms with Gasteiger partial charge in [-0.1, -0.05) is 78.5 Å². The summed E-state index contributed by atoms with van der Waals surface area (Å²) in [6, 6.07) is 13.7. The zero-order valence-electron chi connectivity index (χ0n) is 25.8. The monoisotopic (exact) mass is 551 g/mol. The average molecular weight is 552 g/mol. The highest BCUT2D eigenvalue weighted by Gasteiger charge is 2.27. The Balaban J connectivity index is 1.90. The van der Waals surface area contributed by atoms with Crippen LogP contribution in [0.15, 0.2) is 60.9 Å². The Labute approximate surface area is 241 Å². The van der Waals surface area contributed by atoms with Gasteiger partial charge in [-0.05, 0) is 49.7 Å². The Bertz CT molecular complexity index is 1110. The lowest BCUT2D eigenvalue weighted by molar-refractivity contribution is -0.152. The van der Waals surface area contributed by atoms with Crippen molar-refractivity contribution < 1.29 is 24.2 Å². The van der Waals surface area contributed by atoms with Crippen LogP contribution in [-0.2, 0) is 9.53 Å². The van der Waals surface area contributed by atoms with Crippen LogP contribution in [0, 0.1) is 10.8 Å². The first-order valence-electron chi connectivity index (χ1n) is 14.3. The van der Waals surface area contributed by atoms with Crippen molar-refractivity contribution in [3.05, 3.63) is 72.0 Å². The molecule has 0 fully saturated rings. The Morgan fingerprint density at radius 2 is 1.48 bits per heavy atom. The number of carbonyl (C=O) groups is 2. The topological polar surface area (TPSA) is 76.1 Å². The van der Waals surface area contributed by atoms with E-state index in [1.807, 2.05) is 6.07 Å². The molecule has 6 heteroatoms. The summed E-state index contributed by atoms with van der Waals surface area (Å²) < 4.78 is 11.8. The van der Waals surface area contributed by atoms with Crippen molar-refractivity contribution in [1.82, 2.24) is 4.90 Å². The van der Waals surface area contributed by atoms with E-state index < -0.39 is 0 Å². The van der Waals surface area contributed by atoms with E-state index in [1.54, 1.807) is 36.4 Å². The molecule has 6 nitrogen and oxygen atoms in total. The van der Waals surface area contributed by atoms with Gasteiger partial charge in [-0.3, -0.25) is 14.5 Å². The van der Waals surface area contributed by atoms with Gasteiger partial charge in [-0.2, -0.15) is 0 Å². The second-order valence-corrected chi connectivity index (χ2v) is 13.3. The van der Waals surface area contributed by atoms with Gasteiger partial charge in [0.15, 0.2) is 5.78 Å². The van der Waals surface area contributed by atoms with E-state index in [0.717, 1.165) is 12.8 Å². The molecular weight excluding hydrogens is 502 g/mol. The number of ether oxygens (including phenoxy) is 2. The quantitative estimate of drug-likeness (QED) is 0.147. The van der Waals surface area contributed by atoms with Crippen LogP contribution in [-0.4, -0.2) is 47.0 Å². The summed E-state index contributed by atoms with van der Waals surface area (Å²) in [7, 11) is 0. The summed E-state index contributed by atoms with van der Waals surface area (Å²) in [5.41, 5.74) is 0.881. The SMILES string of the molecule is C=C(CCN(CCC(=O)OC(CC(C)(C)C)CC(C)(C)C)C(C)C)Oc1ccc(C(=O)c2ccccc2)c(O)c1. The summed E-state index contributed by atoms with van der Waals surface area (Å²) in [6.07, 6.45) is 2.44. The maximum atomic E-state index is 12.8. The van der Waals surface area contributed by atoms with Crippen molar-refractivity contribution in [2.75, 3.05) is 13.1 Å². The molecule has 0 aromatic heterocycles. The Morgan fingerprint density at radius 3 is 2.00 bits per heavy atom. The fourth-order valence-electron chi connectivity index (χ4n) is 4.63. The molecule has 1 N–H and O–H groups in total. The van der Waals surface area contributed by atoms with Gasteiger partial charge in [0, 0.05) is 37.2 Å². The van der Waals surface area contributed by atoms with E-state index in [4.69, 9.17) is 9.47 Å². The molecule has 0 bridgehead atoms. The number of benzene rings is 2. The molecule has 220 valence electrons. The molecule has 0 unspecified atom stereocenters. The van der Waals surface area contributed by atoms with E-state index in [-0.39, 0.29) is 46.0 Å². The van der Waals surface area contributed by atoms with Crippen LogP contribution in [0.1, 0.15) is 97.0 Å². The summed E-state index contributed by atoms with van der Waals surface area (Å²) >= 11 is 0. The maximum absolute atomic E-state index is 12.8. The van der Waals surface area contributed by atoms with E-state index in [1.165, 1.54) is 6.07 Å². The van der Waals surface area contributed by atoms with Crippen LogP contribution in [0.25, 0.3) is 0 Å². The van der Waals surface area contributed by atoms with Crippen LogP contribution in [0.3, 0.4) is 0 Å². The Morgan fingerprint density at radius 1 is 0.900 bits per heavy atom. The Hall–Kier alpha value is -3.12. The van der Waals surface area contributed by atoms with Gasteiger partial charge in [0.2, 0.25) is 0 Å². The molecule has 2 aromatic rings. The number of nitrogens with zero attached hydrogens (tertiary/aromatic N) is 1. The predicted octanol–water partition coefficient (Wildman–Crippen LogP) is 7.79. The van der Waals surface area contributed by atoms with Crippen molar-refractivity contribution in [3.63, 3.8) is 0 Å². The molecular formula is C34H49NO5. The number of hydrogen-bond donors (Lipinski definition) is 1. The summed E-state index contributed by atoms with van der Waals surface area (Å²) in [6.45, 7) is 22.5. The number of carbonyl (C=O) groups excluding carboxylic acids is 2. The molecule has 0 aliphatic heterocycles. The number of hydrogen-bond acceptors (Lipinski definition) is 6. The molecule has 0 radical (unpaired) electrons. The minimum atomic E-state index is -0.252. The number of ketones is 1. The molecule has 0 atom stereocenters. The van der Waals surface area contributed by atoms with E-state index in [2.05, 4.69) is 66.9 Å². The van der Waals surface area contributed by atoms with Gasteiger partial charge < -0.3 is 14.6 Å². The highest BCUT2D eigenvalue weighted by atomic mass is 16.5. The second-order valence-electron chi connectivity index (χ2n) is 13.3. The largest absolute Gasteiger partial charge is 0.507 e. The molecule has 2 rings (SSSR count). The number of esters is 1. The smallest absolute Gasteiger partial charge is 0.307 e. The lowest BCUT2D eigenvalue weighted by Gasteiger charge is -2.31. The minimum absolute atomic E-state index is 0.0784. The zero-order valence-corrected chi connectivity index (χ0v) is 25.8. The van der Waals surface area contributed by atoms with Crippen molar-refractivity contribution in [3.8, 4) is 11.5 Å². The molecule has 0 heterocycles. The molecule has 0 aliphatic carbocycles. The number of phenols is 1. The summed E-state index contributed by atoms with van der Waals surface area (Å²) in [4.78, 5) is 27.7. The van der Waals surface area contributed by atoms with Gasteiger partial charge in [-0.25, -0.2) is 0 Å². The molecule has 0 spiro atoms. The average Bonchev–Trinajstić information content (AvgIpc) is 2.82. The van der Waals surface area contributed by atoms with Crippen molar-refractivity contribution >= 4 is 11.8 Å². The number of aromatic hydroxyl groups is 1. The molecule has 0 amide bonds. The van der Waals surface area contributed by atoms with E-state index >= 15 is 0 Å². The van der Waals surface area contributed by atoms with Gasteiger partial charge in [0.25, 0.3) is 0 Å². The van der Waals surface area contributed by atoms with E-state index in [9.17, 15) is 14.7 Å². The zero-order chi connectivity index (χ0) is 30.1. The highest BCUT2D eigenvalue weighted by Crippen LogP contribution is 2.31. The first kappa shape index (κ1) is 33.1. The van der Waals surface area contributed by atoms with Crippen molar-refractivity contribution in [1.29, 1.82) is 0 Å². The summed E-state index contributed by atoms with van der Waals surface area (Å²) in [5, 5.41) is 10.5. The second kappa shape index (κ2) is 14.5. The van der Waals surface area contributed by atoms with Crippen LogP contribution < -0.4 is 4.74 Å². The number of phenolic OH excluding ortho intramolecular Hbond substituents is 1. The third-order valence-electron chi connectivity index (χ3n) is 6.50. The van der Waals surface area contributed by atoms with Gasteiger partial charge in [0.1, 0.15) is 17.6 Å². The minimum Gasteiger partial charge on any atom is -0.507 e. The fourth-order valence-corrected chi connectivity index (χ4v) is 4.63. The third kappa shape index (κ3) is 12.0. The van der Waals surface area contributed by atoms with Crippen molar-refractivity contribution in [2.24, 2.45) is 10.8 Å². The van der Waals surface area contributed by atoms with Crippen LogP contribution >= 0.6 is 0 Å². The first-order valence-corrected chi connectivity index (χ1v) is 14.3. The van der Waals surface area contributed by atoms with Gasteiger partial charge >= 0.3 is 5.97 Å². The molecule has 40 heavy (non-hydrogen) atoms. The third-order valence-corrected chi connectivity index (χ3v) is 6.50. The highest BCUT2D eigenvalue weighted by molar-refractivity contribution is 6.10. The Kier molecular flexibility index (Phi) is 12.0. The molecule has 0 saturated carbocycles. The normalized spacial score (nSPS) is 12.2. The summed E-state index contributed by atoms with van der Waals surface area (Å²) in [5.74, 6) is 0.385. The predicted molar refractivity (Wildman–Crippen MR) is 162 cm³/mol. The van der Waals surface area contributed by atoms with Crippen LogP contribution in [0.4, 0.5) is 0 Å². The first-order chi connectivity index (χ1) is 18.5. The van der Waals surface area contributed by atoms with Crippen LogP contribution in [0.5, 0.6) is 11.5 Å².